The largest absolute Gasteiger partial charge is 0.357 e. The van der Waals surface area contributed by atoms with Crippen LogP contribution >= 0.6 is 24.0 Å². The highest BCUT2D eigenvalue weighted by molar-refractivity contribution is 14.0. The molecule has 7 nitrogen and oxygen atoms in total. The highest BCUT2D eigenvalue weighted by Crippen LogP contribution is 2.19. The number of halogens is 1. The Bertz CT molecular complexity index is 695. The fraction of sp³-hybridized carbons (Fsp3) is 0.652. The van der Waals surface area contributed by atoms with Gasteiger partial charge in [-0.15, -0.1) is 24.0 Å². The van der Waals surface area contributed by atoms with E-state index < -0.39 is 0 Å². The number of likely N-dealkylation sites (tertiary alicyclic amines) is 2. The zero-order valence-corrected chi connectivity index (χ0v) is 21.3. The smallest absolute Gasteiger partial charge is 0.314 e. The molecule has 1 aromatic carbocycles. The van der Waals surface area contributed by atoms with Crippen molar-refractivity contribution in [2.24, 2.45) is 16.6 Å². The third kappa shape index (κ3) is 8.48. The van der Waals surface area contributed by atoms with Crippen LogP contribution in [0.2, 0.25) is 0 Å². The fourth-order valence-electron chi connectivity index (χ4n) is 4.26. The molecule has 2 heterocycles. The van der Waals surface area contributed by atoms with E-state index >= 15 is 0 Å². The normalized spacial score (nSPS) is 19.0. The molecule has 4 N–H and O–H groups in total. The van der Waals surface area contributed by atoms with Crippen molar-refractivity contribution >= 4 is 36.0 Å². The molecular formula is C23H39IN6O. The number of aliphatic imine (C=N–C) groups is 1. The summed E-state index contributed by atoms with van der Waals surface area (Å²) in [6.07, 6.45) is 4.22. The van der Waals surface area contributed by atoms with E-state index in [1.165, 1.54) is 24.0 Å². The molecule has 2 aliphatic rings. The number of carbonyl (C=O) groups excluding carboxylic acids is 1. The van der Waals surface area contributed by atoms with Crippen LogP contribution in [-0.4, -0.2) is 67.1 Å². The van der Waals surface area contributed by atoms with Gasteiger partial charge >= 0.3 is 6.03 Å². The highest BCUT2D eigenvalue weighted by atomic mass is 127. The number of amides is 2. The molecule has 0 aliphatic carbocycles. The van der Waals surface area contributed by atoms with Crippen LogP contribution in [0.5, 0.6) is 0 Å². The molecule has 0 atom stereocenters. The van der Waals surface area contributed by atoms with E-state index in [4.69, 9.17) is 10.7 Å². The maximum Gasteiger partial charge on any atom is 0.314 e. The standard InChI is InChI=1S/C23H38N6O.HI/c1-3-25-23(27-21-10-14-29(15-11-21)22(24)30)26-16-19-8-12-28(13-9-19)17-20-6-4-18(2)5-7-20;/h4-7,19,21H,3,8-17H2,1-2H3,(H2,24,30)(H2,25,26,27);1H. The summed E-state index contributed by atoms with van der Waals surface area (Å²) >= 11 is 0. The van der Waals surface area contributed by atoms with Crippen LogP contribution in [0.15, 0.2) is 29.3 Å². The number of nitrogens with zero attached hydrogens (tertiary/aromatic N) is 3. The Balaban J connectivity index is 0.00000341. The monoisotopic (exact) mass is 542 g/mol. The fourth-order valence-corrected chi connectivity index (χ4v) is 4.26. The van der Waals surface area contributed by atoms with Gasteiger partial charge in [-0.1, -0.05) is 29.8 Å². The number of primary amides is 1. The van der Waals surface area contributed by atoms with Crippen molar-refractivity contribution in [1.29, 1.82) is 0 Å². The molecule has 3 rings (SSSR count). The number of benzene rings is 1. The summed E-state index contributed by atoms with van der Waals surface area (Å²) in [5.41, 5.74) is 8.10. The van der Waals surface area contributed by atoms with E-state index in [2.05, 4.69) is 53.6 Å². The number of nitrogens with two attached hydrogens (primary N) is 1. The first-order valence-corrected chi connectivity index (χ1v) is 11.4. The lowest BCUT2D eigenvalue weighted by atomic mass is 9.96. The minimum absolute atomic E-state index is 0. The van der Waals surface area contributed by atoms with E-state index in [-0.39, 0.29) is 30.0 Å². The Morgan fingerprint density at radius 3 is 2.32 bits per heavy atom. The van der Waals surface area contributed by atoms with E-state index in [0.717, 1.165) is 51.5 Å². The minimum atomic E-state index is -0.317. The molecule has 2 aliphatic heterocycles. The lowest BCUT2D eigenvalue weighted by Crippen LogP contribution is -2.50. The van der Waals surface area contributed by atoms with Crippen LogP contribution in [0.1, 0.15) is 43.7 Å². The number of guanidine groups is 1. The van der Waals surface area contributed by atoms with Crippen LogP contribution in [0.25, 0.3) is 0 Å². The summed E-state index contributed by atoms with van der Waals surface area (Å²) in [7, 11) is 0. The van der Waals surface area contributed by atoms with Crippen LogP contribution in [0.3, 0.4) is 0 Å². The number of carbonyl (C=O) groups is 1. The second kappa shape index (κ2) is 13.1. The van der Waals surface area contributed by atoms with Crippen molar-refractivity contribution in [2.75, 3.05) is 39.3 Å². The maximum absolute atomic E-state index is 11.3. The highest BCUT2D eigenvalue weighted by Gasteiger charge is 2.22. The summed E-state index contributed by atoms with van der Waals surface area (Å²) in [6, 6.07) is 8.91. The van der Waals surface area contributed by atoms with Gasteiger partial charge in [-0.3, -0.25) is 9.89 Å². The van der Waals surface area contributed by atoms with Crippen LogP contribution in [0, 0.1) is 12.8 Å². The average Bonchev–Trinajstić information content (AvgIpc) is 2.75. The molecule has 174 valence electrons. The van der Waals surface area contributed by atoms with Crippen molar-refractivity contribution < 1.29 is 4.79 Å². The molecule has 0 aromatic heterocycles. The molecule has 0 spiro atoms. The molecule has 2 amide bonds. The predicted molar refractivity (Wildman–Crippen MR) is 138 cm³/mol. The Morgan fingerprint density at radius 2 is 1.74 bits per heavy atom. The van der Waals surface area contributed by atoms with Crippen molar-refractivity contribution in [3.8, 4) is 0 Å². The maximum atomic E-state index is 11.3. The minimum Gasteiger partial charge on any atom is -0.357 e. The summed E-state index contributed by atoms with van der Waals surface area (Å²) in [5.74, 6) is 1.54. The first-order chi connectivity index (χ1) is 14.5. The Hall–Kier alpha value is -1.55. The second-order valence-corrected chi connectivity index (χ2v) is 8.67. The van der Waals surface area contributed by atoms with Gasteiger partial charge in [0.2, 0.25) is 0 Å². The Morgan fingerprint density at radius 1 is 1.10 bits per heavy atom. The molecule has 0 bridgehead atoms. The number of hydrogen-bond acceptors (Lipinski definition) is 3. The van der Waals surface area contributed by atoms with E-state index in [0.29, 0.717) is 25.0 Å². The third-order valence-electron chi connectivity index (χ3n) is 6.23. The van der Waals surface area contributed by atoms with Gasteiger partial charge in [0, 0.05) is 38.8 Å². The first-order valence-electron chi connectivity index (χ1n) is 11.4. The van der Waals surface area contributed by atoms with Gasteiger partial charge in [0.05, 0.1) is 0 Å². The first kappa shape index (κ1) is 25.7. The van der Waals surface area contributed by atoms with Gasteiger partial charge in [-0.2, -0.15) is 0 Å². The summed E-state index contributed by atoms with van der Waals surface area (Å²) < 4.78 is 0. The molecule has 2 saturated heterocycles. The molecule has 0 radical (unpaired) electrons. The number of nitrogens with one attached hydrogen (secondary N) is 2. The SMILES string of the molecule is CCNC(=NCC1CCN(Cc2ccc(C)cc2)CC1)NC1CCN(C(N)=O)CC1.I. The second-order valence-electron chi connectivity index (χ2n) is 8.67. The molecule has 2 fully saturated rings. The van der Waals surface area contributed by atoms with Crippen molar-refractivity contribution in [1.82, 2.24) is 20.4 Å². The topological polar surface area (TPSA) is 86.0 Å². The predicted octanol–water partition coefficient (Wildman–Crippen LogP) is 2.92. The van der Waals surface area contributed by atoms with E-state index in [9.17, 15) is 4.79 Å². The number of piperidine rings is 2. The Kier molecular flexibility index (Phi) is 10.9. The van der Waals surface area contributed by atoms with Crippen molar-refractivity contribution in [2.45, 2.75) is 52.1 Å². The third-order valence-corrected chi connectivity index (χ3v) is 6.23. The molecule has 0 saturated carbocycles. The average molecular weight is 543 g/mol. The van der Waals surface area contributed by atoms with E-state index in [1.54, 1.807) is 4.90 Å². The van der Waals surface area contributed by atoms with Crippen molar-refractivity contribution in [3.05, 3.63) is 35.4 Å². The zero-order chi connectivity index (χ0) is 21.3. The summed E-state index contributed by atoms with van der Waals surface area (Å²) in [6.45, 7) is 10.7. The van der Waals surface area contributed by atoms with Gasteiger partial charge in [0.15, 0.2) is 5.96 Å². The van der Waals surface area contributed by atoms with Gasteiger partial charge < -0.3 is 21.3 Å². The lowest BCUT2D eigenvalue weighted by Gasteiger charge is -2.33. The van der Waals surface area contributed by atoms with Gasteiger partial charge in [-0.25, -0.2) is 4.79 Å². The zero-order valence-electron chi connectivity index (χ0n) is 19.0. The van der Waals surface area contributed by atoms with Gasteiger partial charge in [0.1, 0.15) is 0 Å². The van der Waals surface area contributed by atoms with Gasteiger partial charge in [-0.05, 0) is 64.1 Å². The quantitative estimate of drug-likeness (QED) is 0.293. The lowest BCUT2D eigenvalue weighted by molar-refractivity contribution is 0.180. The molecule has 31 heavy (non-hydrogen) atoms. The number of urea groups is 1. The van der Waals surface area contributed by atoms with Crippen LogP contribution in [-0.2, 0) is 6.54 Å². The van der Waals surface area contributed by atoms with Crippen molar-refractivity contribution in [3.63, 3.8) is 0 Å². The van der Waals surface area contributed by atoms with E-state index in [1.807, 2.05) is 0 Å². The molecule has 1 aromatic rings. The van der Waals surface area contributed by atoms with Crippen LogP contribution < -0.4 is 16.4 Å². The molecular weight excluding hydrogens is 503 g/mol. The number of hydrogen-bond donors (Lipinski definition) is 3. The molecule has 0 unspecified atom stereocenters. The number of rotatable bonds is 6. The summed E-state index contributed by atoms with van der Waals surface area (Å²) in [5, 5.41) is 6.92. The molecule has 8 heteroatoms. The summed E-state index contributed by atoms with van der Waals surface area (Å²) in [4.78, 5) is 20.4. The number of aryl methyl sites for hydroxylation is 1. The Labute approximate surface area is 204 Å². The van der Waals surface area contributed by atoms with Gasteiger partial charge in [0.25, 0.3) is 0 Å². The van der Waals surface area contributed by atoms with Crippen LogP contribution in [0.4, 0.5) is 4.79 Å².